The number of nitrogens with two attached hydrogens (primary N) is 1. The largest absolute Gasteiger partial charge is 0.382 e. The maximum atomic E-state index is 12.6. The van der Waals surface area contributed by atoms with Gasteiger partial charge in [0.15, 0.2) is 5.13 Å². The van der Waals surface area contributed by atoms with Gasteiger partial charge < -0.3 is 16.0 Å². The summed E-state index contributed by atoms with van der Waals surface area (Å²) in [4.78, 5) is 19.3. The highest BCUT2D eigenvalue weighted by Crippen LogP contribution is 2.26. The summed E-state index contributed by atoms with van der Waals surface area (Å²) in [5.74, 6) is 1.18. The summed E-state index contributed by atoms with van der Waals surface area (Å²) in [7, 11) is 0. The van der Waals surface area contributed by atoms with Crippen LogP contribution in [0.3, 0.4) is 0 Å². The second kappa shape index (κ2) is 7.47. The van der Waals surface area contributed by atoms with Crippen LogP contribution in [0.15, 0.2) is 0 Å². The van der Waals surface area contributed by atoms with E-state index in [2.05, 4.69) is 38.0 Å². The van der Waals surface area contributed by atoms with Crippen molar-refractivity contribution >= 4 is 28.2 Å². The minimum atomic E-state index is -0.00782. The molecule has 1 amide bonds. The van der Waals surface area contributed by atoms with Gasteiger partial charge in [-0.3, -0.25) is 4.79 Å². The van der Waals surface area contributed by atoms with Crippen LogP contribution < -0.4 is 11.1 Å². The zero-order chi connectivity index (χ0) is 15.3. The van der Waals surface area contributed by atoms with Crippen LogP contribution in [0.2, 0.25) is 0 Å². The Morgan fingerprint density at radius 2 is 1.85 bits per heavy atom. The maximum Gasteiger partial charge on any atom is 0.267 e. The average Bonchev–Trinajstić information content (AvgIpc) is 2.68. The second-order valence-electron chi connectivity index (χ2n) is 5.76. The topological polar surface area (TPSA) is 71.2 Å². The molecule has 1 aromatic rings. The SMILES string of the molecule is CCNc1nc(N)c(C(=O)N(CC(C)C)CC(C)C)s1. The summed E-state index contributed by atoms with van der Waals surface area (Å²) in [6.45, 7) is 12.7. The minimum absolute atomic E-state index is 0.00782. The molecule has 0 bridgehead atoms. The zero-order valence-corrected chi connectivity index (χ0v) is 13.9. The van der Waals surface area contributed by atoms with Gasteiger partial charge in [0, 0.05) is 19.6 Å². The molecule has 0 spiro atoms. The summed E-state index contributed by atoms with van der Waals surface area (Å²) in [6.07, 6.45) is 0. The number of nitrogens with zero attached hydrogens (tertiary/aromatic N) is 2. The molecule has 0 aliphatic carbocycles. The number of thiazole rings is 1. The van der Waals surface area contributed by atoms with Crippen LogP contribution in [0.25, 0.3) is 0 Å². The van der Waals surface area contributed by atoms with Gasteiger partial charge in [0.05, 0.1) is 0 Å². The fourth-order valence-electron chi connectivity index (χ4n) is 1.98. The minimum Gasteiger partial charge on any atom is -0.382 e. The average molecular weight is 298 g/mol. The van der Waals surface area contributed by atoms with E-state index < -0.39 is 0 Å². The Hall–Kier alpha value is -1.30. The number of nitrogens with one attached hydrogen (secondary N) is 1. The normalized spacial score (nSPS) is 11.2. The molecule has 0 unspecified atom stereocenters. The number of nitrogen functional groups attached to an aromatic ring is 1. The first-order valence-electron chi connectivity index (χ1n) is 7.14. The molecule has 0 aliphatic rings. The molecule has 114 valence electrons. The summed E-state index contributed by atoms with van der Waals surface area (Å²) in [5.41, 5.74) is 5.88. The van der Waals surface area contributed by atoms with Crippen LogP contribution in [0.1, 0.15) is 44.3 Å². The molecule has 0 saturated heterocycles. The van der Waals surface area contributed by atoms with Crippen molar-refractivity contribution in [2.24, 2.45) is 11.8 Å². The maximum absolute atomic E-state index is 12.6. The zero-order valence-electron chi connectivity index (χ0n) is 13.1. The van der Waals surface area contributed by atoms with Crippen LogP contribution in [0.5, 0.6) is 0 Å². The Morgan fingerprint density at radius 3 is 2.30 bits per heavy atom. The number of hydrogen-bond donors (Lipinski definition) is 2. The van der Waals surface area contributed by atoms with E-state index in [1.807, 2.05) is 11.8 Å². The molecule has 0 saturated carbocycles. The fraction of sp³-hybridized carbons (Fsp3) is 0.714. The van der Waals surface area contributed by atoms with Crippen molar-refractivity contribution in [3.05, 3.63) is 4.88 Å². The molecule has 6 heteroatoms. The molecule has 20 heavy (non-hydrogen) atoms. The van der Waals surface area contributed by atoms with E-state index in [1.165, 1.54) is 11.3 Å². The van der Waals surface area contributed by atoms with Gasteiger partial charge in [-0.15, -0.1) is 0 Å². The highest BCUT2D eigenvalue weighted by Gasteiger charge is 2.23. The van der Waals surface area contributed by atoms with Crippen molar-refractivity contribution in [3.8, 4) is 0 Å². The number of aromatic nitrogens is 1. The van der Waals surface area contributed by atoms with Crippen molar-refractivity contribution in [1.82, 2.24) is 9.88 Å². The van der Waals surface area contributed by atoms with Crippen molar-refractivity contribution in [3.63, 3.8) is 0 Å². The van der Waals surface area contributed by atoms with Gasteiger partial charge in [-0.1, -0.05) is 39.0 Å². The van der Waals surface area contributed by atoms with Gasteiger partial charge >= 0.3 is 0 Å². The van der Waals surface area contributed by atoms with E-state index in [0.29, 0.717) is 27.7 Å². The van der Waals surface area contributed by atoms with Gasteiger partial charge in [-0.25, -0.2) is 4.98 Å². The number of carbonyl (C=O) groups is 1. The molecule has 0 atom stereocenters. The number of hydrogen-bond acceptors (Lipinski definition) is 5. The molecular formula is C14H26N4OS. The van der Waals surface area contributed by atoms with E-state index >= 15 is 0 Å². The Morgan fingerprint density at radius 1 is 1.30 bits per heavy atom. The lowest BCUT2D eigenvalue weighted by atomic mass is 10.1. The summed E-state index contributed by atoms with van der Waals surface area (Å²) in [5, 5.41) is 3.81. The van der Waals surface area contributed by atoms with Crippen molar-refractivity contribution in [2.45, 2.75) is 34.6 Å². The number of rotatable bonds is 7. The van der Waals surface area contributed by atoms with Crippen LogP contribution in [0.4, 0.5) is 10.9 Å². The van der Waals surface area contributed by atoms with Gasteiger partial charge in [0.2, 0.25) is 0 Å². The third-order valence-corrected chi connectivity index (χ3v) is 3.65. The quantitative estimate of drug-likeness (QED) is 0.812. The molecule has 1 rings (SSSR count). The van der Waals surface area contributed by atoms with Gasteiger partial charge in [-0.05, 0) is 18.8 Å². The number of amides is 1. The predicted molar refractivity (Wildman–Crippen MR) is 86.3 cm³/mol. The molecule has 0 aliphatic heterocycles. The Bertz CT molecular complexity index is 432. The van der Waals surface area contributed by atoms with E-state index in [1.54, 1.807) is 0 Å². The van der Waals surface area contributed by atoms with Crippen molar-refractivity contribution < 1.29 is 4.79 Å². The number of carbonyl (C=O) groups excluding carboxylic acids is 1. The monoisotopic (exact) mass is 298 g/mol. The first-order valence-corrected chi connectivity index (χ1v) is 7.96. The molecule has 1 aromatic heterocycles. The number of anilines is 2. The smallest absolute Gasteiger partial charge is 0.267 e. The molecule has 5 nitrogen and oxygen atoms in total. The van der Waals surface area contributed by atoms with Crippen molar-refractivity contribution in [1.29, 1.82) is 0 Å². The van der Waals surface area contributed by atoms with Crippen LogP contribution in [0, 0.1) is 11.8 Å². The highest BCUT2D eigenvalue weighted by atomic mass is 32.1. The third-order valence-electron chi connectivity index (χ3n) is 2.63. The molecule has 0 fully saturated rings. The summed E-state index contributed by atoms with van der Waals surface area (Å²) in [6, 6.07) is 0. The van der Waals surface area contributed by atoms with E-state index in [9.17, 15) is 4.79 Å². The van der Waals surface area contributed by atoms with Crippen molar-refractivity contribution in [2.75, 3.05) is 30.7 Å². The Labute approximate surface area is 125 Å². The van der Waals surface area contributed by atoms with E-state index in [4.69, 9.17) is 5.73 Å². The van der Waals surface area contributed by atoms with Gasteiger partial charge in [0.25, 0.3) is 5.91 Å². The standard InChI is InChI=1S/C14H26N4OS/c1-6-16-14-17-12(15)11(20-14)13(19)18(7-9(2)3)8-10(4)5/h9-10H,6-8,15H2,1-5H3,(H,16,17). The lowest BCUT2D eigenvalue weighted by molar-refractivity contribution is 0.0721. The second-order valence-corrected chi connectivity index (χ2v) is 6.76. The first-order chi connectivity index (χ1) is 9.35. The van der Waals surface area contributed by atoms with E-state index in [0.717, 1.165) is 19.6 Å². The lowest BCUT2D eigenvalue weighted by Gasteiger charge is -2.25. The third kappa shape index (κ3) is 4.67. The van der Waals surface area contributed by atoms with Crippen LogP contribution in [-0.4, -0.2) is 35.4 Å². The molecule has 1 heterocycles. The van der Waals surface area contributed by atoms with E-state index in [-0.39, 0.29) is 5.91 Å². The van der Waals surface area contributed by atoms with Gasteiger partial charge in [-0.2, -0.15) is 0 Å². The predicted octanol–water partition coefficient (Wildman–Crippen LogP) is 2.91. The molecule has 0 aromatic carbocycles. The molecule has 3 N–H and O–H groups in total. The lowest BCUT2D eigenvalue weighted by Crippen LogP contribution is -2.36. The highest BCUT2D eigenvalue weighted by molar-refractivity contribution is 7.18. The van der Waals surface area contributed by atoms with Crippen LogP contribution >= 0.6 is 11.3 Å². The van der Waals surface area contributed by atoms with Gasteiger partial charge in [0.1, 0.15) is 10.7 Å². The summed E-state index contributed by atoms with van der Waals surface area (Å²) < 4.78 is 0. The first kappa shape index (κ1) is 16.8. The summed E-state index contributed by atoms with van der Waals surface area (Å²) >= 11 is 1.34. The molecule has 0 radical (unpaired) electrons. The Kier molecular flexibility index (Phi) is 6.26. The fourth-order valence-corrected chi connectivity index (χ4v) is 2.90. The van der Waals surface area contributed by atoms with Crippen LogP contribution in [-0.2, 0) is 0 Å². The molecular weight excluding hydrogens is 272 g/mol. The Balaban J connectivity index is 2.92.